The second-order valence-electron chi connectivity index (χ2n) is 13.2. The van der Waals surface area contributed by atoms with Gasteiger partial charge in [0.15, 0.2) is 0 Å². The van der Waals surface area contributed by atoms with E-state index in [1.807, 2.05) is 20.8 Å². The zero-order valence-electron chi connectivity index (χ0n) is 23.6. The number of hydrogen-bond donors (Lipinski definition) is 4. The van der Waals surface area contributed by atoms with Gasteiger partial charge in [0, 0.05) is 26.4 Å². The lowest BCUT2D eigenvalue weighted by Gasteiger charge is -2.16. The second-order valence-corrected chi connectivity index (χ2v) is 13.2. The van der Waals surface area contributed by atoms with Gasteiger partial charge in [0.25, 0.3) is 0 Å². The average molecular weight is 451 g/mol. The summed E-state index contributed by atoms with van der Waals surface area (Å²) < 4.78 is 0. The molecule has 0 saturated heterocycles. The first-order valence-corrected chi connectivity index (χ1v) is 12.2. The molecule has 0 aliphatic rings. The maximum absolute atomic E-state index is 8.46. The average Bonchev–Trinajstić information content (AvgIpc) is 2.57. The topological polar surface area (TPSA) is 80.9 Å². The van der Waals surface area contributed by atoms with Crippen molar-refractivity contribution in [3.05, 3.63) is 0 Å². The summed E-state index contributed by atoms with van der Waals surface area (Å²) in [5.74, 6) is 0. The van der Waals surface area contributed by atoms with Crippen LogP contribution in [-0.2, 0) is 0 Å². The highest BCUT2D eigenvalue weighted by Gasteiger charge is 2.09. The van der Waals surface area contributed by atoms with E-state index in [0.717, 1.165) is 38.5 Å². The van der Waals surface area contributed by atoms with Crippen LogP contribution in [0.25, 0.3) is 0 Å². The Labute approximate surface area is 196 Å². The molecule has 0 atom stereocenters. The standard InChI is InChI=1S/C8H18O.2C7H16O.C5H12O/c1-8(2,3)6-4-5-7-9;2*1-7(2,3)5-4-6-8;1-5(2,3)4-6/h9H,4-7H2,1-3H3;2*8H,4-6H2,1-3H3;6H,4H2,1-3H3. The summed E-state index contributed by atoms with van der Waals surface area (Å²) in [6.45, 7) is 27.0. The number of aliphatic hydroxyl groups is 4. The zero-order valence-corrected chi connectivity index (χ0v) is 23.6. The van der Waals surface area contributed by atoms with Crippen molar-refractivity contribution < 1.29 is 20.4 Å². The zero-order chi connectivity index (χ0) is 25.8. The van der Waals surface area contributed by atoms with E-state index in [1.165, 1.54) is 6.42 Å². The third-order valence-corrected chi connectivity index (χ3v) is 3.98. The van der Waals surface area contributed by atoms with Crippen molar-refractivity contribution in [1.82, 2.24) is 0 Å². The maximum Gasteiger partial charge on any atom is 0.0479 e. The summed E-state index contributed by atoms with van der Waals surface area (Å²) in [6, 6.07) is 0. The van der Waals surface area contributed by atoms with Crippen LogP contribution in [0.1, 0.15) is 128 Å². The van der Waals surface area contributed by atoms with Gasteiger partial charge in [-0.25, -0.2) is 0 Å². The summed E-state index contributed by atoms with van der Waals surface area (Å²) in [6.07, 6.45) is 7.42. The highest BCUT2D eigenvalue weighted by molar-refractivity contribution is 4.61. The van der Waals surface area contributed by atoms with E-state index in [1.54, 1.807) is 0 Å². The molecule has 4 heteroatoms. The fraction of sp³-hybridized carbons (Fsp3) is 1.00. The molecule has 0 aromatic heterocycles. The lowest BCUT2D eigenvalue weighted by molar-refractivity contribution is 0.177. The second kappa shape index (κ2) is 20.4. The predicted molar refractivity (Wildman–Crippen MR) is 138 cm³/mol. The first-order valence-electron chi connectivity index (χ1n) is 12.2. The summed E-state index contributed by atoms with van der Waals surface area (Å²) in [5, 5.41) is 33.7. The molecule has 0 aliphatic heterocycles. The summed E-state index contributed by atoms with van der Waals surface area (Å²) >= 11 is 0. The van der Waals surface area contributed by atoms with Crippen molar-refractivity contribution in [2.24, 2.45) is 21.7 Å². The van der Waals surface area contributed by atoms with Crippen molar-refractivity contribution >= 4 is 0 Å². The van der Waals surface area contributed by atoms with Crippen LogP contribution in [0.15, 0.2) is 0 Å². The number of rotatable bonds is 7. The highest BCUT2D eigenvalue weighted by atomic mass is 16.3. The van der Waals surface area contributed by atoms with Crippen LogP contribution in [0.2, 0.25) is 0 Å². The summed E-state index contributed by atoms with van der Waals surface area (Å²) in [4.78, 5) is 0. The minimum atomic E-state index is 0.0972. The highest BCUT2D eigenvalue weighted by Crippen LogP contribution is 2.21. The van der Waals surface area contributed by atoms with Crippen LogP contribution < -0.4 is 0 Å². The van der Waals surface area contributed by atoms with Gasteiger partial charge in [-0.2, -0.15) is 0 Å². The van der Waals surface area contributed by atoms with Crippen molar-refractivity contribution in [1.29, 1.82) is 0 Å². The Balaban J connectivity index is -0.000000158. The minimum absolute atomic E-state index is 0.0972. The van der Waals surface area contributed by atoms with Gasteiger partial charge in [-0.05, 0) is 60.2 Å². The molecular weight excluding hydrogens is 388 g/mol. The van der Waals surface area contributed by atoms with Crippen LogP contribution in [-0.4, -0.2) is 46.9 Å². The molecule has 31 heavy (non-hydrogen) atoms. The van der Waals surface area contributed by atoms with E-state index in [0.29, 0.717) is 36.1 Å². The van der Waals surface area contributed by atoms with E-state index >= 15 is 0 Å². The molecule has 0 rings (SSSR count). The Kier molecular flexibility index (Phi) is 25.1. The normalized spacial score (nSPS) is 12.0. The summed E-state index contributed by atoms with van der Waals surface area (Å²) in [7, 11) is 0. The Morgan fingerprint density at radius 2 is 0.581 bits per heavy atom. The number of aliphatic hydroxyl groups excluding tert-OH is 4. The molecule has 0 amide bonds. The Bertz CT molecular complexity index is 320. The largest absolute Gasteiger partial charge is 0.396 e. The van der Waals surface area contributed by atoms with Gasteiger partial charge >= 0.3 is 0 Å². The van der Waals surface area contributed by atoms with Gasteiger partial charge in [-0.15, -0.1) is 0 Å². The van der Waals surface area contributed by atoms with Gasteiger partial charge < -0.3 is 20.4 Å². The molecule has 0 heterocycles. The molecule has 4 nitrogen and oxygen atoms in total. The first-order chi connectivity index (χ1) is 13.7. The van der Waals surface area contributed by atoms with Crippen LogP contribution in [0.4, 0.5) is 0 Å². The van der Waals surface area contributed by atoms with Crippen molar-refractivity contribution in [3.63, 3.8) is 0 Å². The predicted octanol–water partition coefficient (Wildman–Crippen LogP) is 6.83. The number of unbranched alkanes of at least 4 members (excludes halogenated alkanes) is 1. The molecular formula is C27H62O4. The van der Waals surface area contributed by atoms with Crippen LogP contribution in [0.5, 0.6) is 0 Å². The lowest BCUT2D eigenvalue weighted by atomic mass is 9.90. The molecule has 0 fully saturated rings. The van der Waals surface area contributed by atoms with Gasteiger partial charge in [-0.3, -0.25) is 0 Å². The van der Waals surface area contributed by atoms with Gasteiger partial charge in [0.1, 0.15) is 0 Å². The minimum Gasteiger partial charge on any atom is -0.396 e. The number of hydrogen-bond acceptors (Lipinski definition) is 4. The Morgan fingerprint density at radius 1 is 0.355 bits per heavy atom. The fourth-order valence-corrected chi connectivity index (χ4v) is 1.99. The Hall–Kier alpha value is -0.160. The van der Waals surface area contributed by atoms with Crippen molar-refractivity contribution in [2.45, 2.75) is 128 Å². The van der Waals surface area contributed by atoms with Crippen LogP contribution >= 0.6 is 0 Å². The summed E-state index contributed by atoms with van der Waals surface area (Å²) in [5.41, 5.74) is 1.32. The molecule has 0 saturated carbocycles. The first kappa shape index (κ1) is 38.1. The van der Waals surface area contributed by atoms with E-state index in [9.17, 15) is 0 Å². The molecule has 4 N–H and O–H groups in total. The Morgan fingerprint density at radius 3 is 0.710 bits per heavy atom. The van der Waals surface area contributed by atoms with E-state index in [-0.39, 0.29) is 12.0 Å². The molecule has 0 aliphatic carbocycles. The van der Waals surface area contributed by atoms with Crippen molar-refractivity contribution in [3.8, 4) is 0 Å². The molecule has 0 radical (unpaired) electrons. The molecule has 0 unspecified atom stereocenters. The van der Waals surface area contributed by atoms with E-state index in [4.69, 9.17) is 20.4 Å². The molecule has 0 bridgehead atoms. The van der Waals surface area contributed by atoms with Crippen LogP contribution in [0, 0.1) is 21.7 Å². The molecule has 0 spiro atoms. The monoisotopic (exact) mass is 450 g/mol. The van der Waals surface area contributed by atoms with Crippen molar-refractivity contribution in [2.75, 3.05) is 26.4 Å². The molecule has 0 aromatic rings. The third kappa shape index (κ3) is 65.2. The fourth-order valence-electron chi connectivity index (χ4n) is 1.99. The van der Waals surface area contributed by atoms with Gasteiger partial charge in [0.2, 0.25) is 0 Å². The molecule has 194 valence electrons. The third-order valence-electron chi connectivity index (χ3n) is 3.98. The quantitative estimate of drug-likeness (QED) is 0.320. The van der Waals surface area contributed by atoms with Crippen LogP contribution in [0.3, 0.4) is 0 Å². The lowest BCUT2D eigenvalue weighted by Crippen LogP contribution is -2.09. The van der Waals surface area contributed by atoms with E-state index in [2.05, 4.69) is 62.3 Å². The van der Waals surface area contributed by atoms with Gasteiger partial charge in [0.05, 0.1) is 0 Å². The van der Waals surface area contributed by atoms with Gasteiger partial charge in [-0.1, -0.05) is 89.5 Å². The maximum atomic E-state index is 8.46. The SMILES string of the molecule is CC(C)(C)CCCCO.CC(C)(C)CCCO.CC(C)(C)CCCO.CC(C)(C)CO. The van der Waals surface area contributed by atoms with E-state index < -0.39 is 0 Å². The smallest absolute Gasteiger partial charge is 0.0479 e. The molecule has 0 aromatic carbocycles.